The normalized spacial score (nSPS) is 11.4. The summed E-state index contributed by atoms with van der Waals surface area (Å²) in [6, 6.07) is 1.18. The molecule has 0 aliphatic carbocycles. The molecule has 1 aromatic carbocycles. The van der Waals surface area contributed by atoms with Gasteiger partial charge in [0.15, 0.2) is 0 Å². The van der Waals surface area contributed by atoms with Gasteiger partial charge in [-0.3, -0.25) is 4.79 Å². The lowest BCUT2D eigenvalue weighted by Gasteiger charge is -2.17. The van der Waals surface area contributed by atoms with Crippen LogP contribution in [0.4, 0.5) is 8.78 Å². The summed E-state index contributed by atoms with van der Waals surface area (Å²) in [5.74, 6) is -8.44. The van der Waals surface area contributed by atoms with E-state index in [-0.39, 0.29) is 0 Å². The van der Waals surface area contributed by atoms with Gasteiger partial charge >= 0.3 is 5.97 Å². The van der Waals surface area contributed by atoms with Crippen LogP contribution in [0.25, 0.3) is 0 Å². The zero-order valence-electron chi connectivity index (χ0n) is 7.81. The first kappa shape index (κ1) is 12.0. The van der Waals surface area contributed by atoms with Crippen molar-refractivity contribution in [1.29, 1.82) is 0 Å². The second kappa shape index (κ2) is 3.84. The number of phenols is 3. The number of carboxylic acid groups (broad SMARTS) is 1. The summed E-state index contributed by atoms with van der Waals surface area (Å²) in [6.45, 7) is 0. The van der Waals surface area contributed by atoms with E-state index in [1.165, 1.54) is 0 Å². The SMILES string of the molecule is O=C(O)CC(F)(F)c1c(O)cc(O)cc1O. The van der Waals surface area contributed by atoms with Crippen molar-refractivity contribution in [2.24, 2.45) is 0 Å². The van der Waals surface area contributed by atoms with Crippen molar-refractivity contribution in [2.45, 2.75) is 12.3 Å². The summed E-state index contributed by atoms with van der Waals surface area (Å²) in [6.07, 6.45) is -1.57. The maximum absolute atomic E-state index is 13.3. The number of alkyl halides is 2. The Morgan fingerprint density at radius 2 is 1.62 bits per heavy atom. The van der Waals surface area contributed by atoms with Gasteiger partial charge in [-0.15, -0.1) is 0 Å². The molecule has 5 nitrogen and oxygen atoms in total. The van der Waals surface area contributed by atoms with Gasteiger partial charge < -0.3 is 20.4 Å². The van der Waals surface area contributed by atoms with Crippen molar-refractivity contribution in [1.82, 2.24) is 0 Å². The van der Waals surface area contributed by atoms with Crippen LogP contribution in [0.1, 0.15) is 12.0 Å². The van der Waals surface area contributed by atoms with Crippen LogP contribution < -0.4 is 0 Å². The number of halogens is 2. The monoisotopic (exact) mass is 234 g/mol. The fourth-order valence-corrected chi connectivity index (χ4v) is 1.25. The standard InChI is InChI=1S/C9H8F2O5/c10-9(11,3-7(15)16)8-5(13)1-4(12)2-6(8)14/h1-2,12-14H,3H2,(H,15,16). The quantitative estimate of drug-likeness (QED) is 0.633. The molecule has 88 valence electrons. The van der Waals surface area contributed by atoms with E-state index in [1.54, 1.807) is 0 Å². The number of aliphatic carboxylic acids is 1. The van der Waals surface area contributed by atoms with Gasteiger partial charge in [-0.25, -0.2) is 8.78 Å². The van der Waals surface area contributed by atoms with Crippen LogP contribution >= 0.6 is 0 Å². The molecule has 16 heavy (non-hydrogen) atoms. The summed E-state index contributed by atoms with van der Waals surface area (Å²) < 4.78 is 26.6. The third kappa shape index (κ3) is 2.30. The number of rotatable bonds is 3. The summed E-state index contributed by atoms with van der Waals surface area (Å²) in [4.78, 5) is 10.2. The highest BCUT2D eigenvalue weighted by molar-refractivity contribution is 5.69. The summed E-state index contributed by atoms with van der Waals surface area (Å²) >= 11 is 0. The second-order valence-corrected chi connectivity index (χ2v) is 3.13. The first-order valence-corrected chi connectivity index (χ1v) is 4.09. The molecule has 1 aromatic rings. The summed E-state index contributed by atoms with van der Waals surface area (Å²) in [5, 5.41) is 35.4. The lowest BCUT2D eigenvalue weighted by atomic mass is 10.0. The molecule has 0 aliphatic rings. The van der Waals surface area contributed by atoms with Gasteiger partial charge in [-0.1, -0.05) is 0 Å². The van der Waals surface area contributed by atoms with Gasteiger partial charge in [0, 0.05) is 12.1 Å². The molecule has 0 bridgehead atoms. The predicted octanol–water partition coefficient (Wildman–Crippen LogP) is 1.37. The molecule has 4 N–H and O–H groups in total. The van der Waals surface area contributed by atoms with Crippen molar-refractivity contribution >= 4 is 5.97 Å². The highest BCUT2D eigenvalue weighted by Crippen LogP contribution is 2.44. The Bertz CT molecular complexity index is 407. The lowest BCUT2D eigenvalue weighted by Crippen LogP contribution is -2.18. The number of hydrogen-bond donors (Lipinski definition) is 4. The Kier molecular flexibility index (Phi) is 2.88. The molecule has 0 saturated carbocycles. The number of carbonyl (C=O) groups is 1. The van der Waals surface area contributed by atoms with Crippen LogP contribution in [0.5, 0.6) is 17.2 Å². The van der Waals surface area contributed by atoms with E-state index in [4.69, 9.17) is 20.4 Å². The van der Waals surface area contributed by atoms with Crippen LogP contribution in [0.15, 0.2) is 12.1 Å². The third-order valence-corrected chi connectivity index (χ3v) is 1.82. The van der Waals surface area contributed by atoms with Gasteiger partial charge in [0.2, 0.25) is 0 Å². The number of carboxylic acids is 1. The van der Waals surface area contributed by atoms with E-state index in [0.717, 1.165) is 0 Å². The lowest BCUT2D eigenvalue weighted by molar-refractivity contribution is -0.145. The first-order chi connectivity index (χ1) is 7.24. The van der Waals surface area contributed by atoms with E-state index >= 15 is 0 Å². The fraction of sp³-hybridized carbons (Fsp3) is 0.222. The summed E-state index contributed by atoms with van der Waals surface area (Å²) in [5.41, 5.74) is -1.22. The van der Waals surface area contributed by atoms with Crippen LogP contribution in [0.3, 0.4) is 0 Å². The van der Waals surface area contributed by atoms with Crippen molar-refractivity contribution in [3.05, 3.63) is 17.7 Å². The van der Waals surface area contributed by atoms with Gasteiger partial charge in [0.25, 0.3) is 5.92 Å². The first-order valence-electron chi connectivity index (χ1n) is 4.09. The molecule has 0 amide bonds. The largest absolute Gasteiger partial charge is 0.508 e. The maximum Gasteiger partial charge on any atom is 0.309 e. The van der Waals surface area contributed by atoms with Gasteiger partial charge in [0.05, 0.1) is 0 Å². The minimum atomic E-state index is -3.92. The van der Waals surface area contributed by atoms with Crippen molar-refractivity contribution in [3.8, 4) is 17.2 Å². The van der Waals surface area contributed by atoms with Gasteiger partial charge in [0.1, 0.15) is 29.2 Å². The Labute approximate surface area is 88.2 Å². The minimum absolute atomic E-state index is 0.588. The minimum Gasteiger partial charge on any atom is -0.508 e. The molecule has 7 heteroatoms. The average Bonchev–Trinajstić information content (AvgIpc) is 1.96. The molecule has 0 saturated heterocycles. The highest BCUT2D eigenvalue weighted by atomic mass is 19.3. The van der Waals surface area contributed by atoms with E-state index in [0.29, 0.717) is 12.1 Å². The highest BCUT2D eigenvalue weighted by Gasteiger charge is 2.40. The molecule has 0 aromatic heterocycles. The van der Waals surface area contributed by atoms with Crippen LogP contribution in [0, 0.1) is 0 Å². The molecule has 1 rings (SSSR count). The molecule has 0 spiro atoms. The van der Waals surface area contributed by atoms with Crippen LogP contribution in [-0.2, 0) is 10.7 Å². The van der Waals surface area contributed by atoms with E-state index in [9.17, 15) is 13.6 Å². The number of aromatic hydroxyl groups is 3. The zero-order valence-corrected chi connectivity index (χ0v) is 7.81. The molecular formula is C9H8F2O5. The average molecular weight is 234 g/mol. The van der Waals surface area contributed by atoms with Crippen molar-refractivity contribution in [2.75, 3.05) is 0 Å². The van der Waals surface area contributed by atoms with Crippen molar-refractivity contribution < 1.29 is 34.0 Å². The van der Waals surface area contributed by atoms with E-state index in [1.807, 2.05) is 0 Å². The van der Waals surface area contributed by atoms with Gasteiger partial charge in [-0.05, 0) is 0 Å². The molecular weight excluding hydrogens is 226 g/mol. The van der Waals surface area contributed by atoms with E-state index < -0.39 is 41.1 Å². The Morgan fingerprint density at radius 1 is 1.19 bits per heavy atom. The number of benzene rings is 1. The zero-order chi connectivity index (χ0) is 12.5. The van der Waals surface area contributed by atoms with Crippen LogP contribution in [0.2, 0.25) is 0 Å². The van der Waals surface area contributed by atoms with E-state index in [2.05, 4.69) is 0 Å². The Hall–Kier alpha value is -2.05. The predicted molar refractivity (Wildman–Crippen MR) is 47.6 cm³/mol. The Balaban J connectivity index is 3.27. The maximum atomic E-state index is 13.3. The molecule has 0 aliphatic heterocycles. The third-order valence-electron chi connectivity index (χ3n) is 1.82. The topological polar surface area (TPSA) is 98.0 Å². The Morgan fingerprint density at radius 3 is 2.00 bits per heavy atom. The molecule has 0 unspecified atom stereocenters. The molecule has 0 heterocycles. The molecule has 0 fully saturated rings. The second-order valence-electron chi connectivity index (χ2n) is 3.13. The van der Waals surface area contributed by atoms with Crippen LogP contribution in [-0.4, -0.2) is 26.4 Å². The number of hydrogen-bond acceptors (Lipinski definition) is 4. The number of phenolic OH excluding ortho intramolecular Hbond substituents is 3. The smallest absolute Gasteiger partial charge is 0.309 e. The molecule has 0 radical (unpaired) electrons. The summed E-state index contributed by atoms with van der Waals surface area (Å²) in [7, 11) is 0. The fourth-order valence-electron chi connectivity index (χ4n) is 1.25. The van der Waals surface area contributed by atoms with Gasteiger partial charge in [-0.2, -0.15) is 0 Å². The molecule has 0 atom stereocenters. The van der Waals surface area contributed by atoms with Crippen molar-refractivity contribution in [3.63, 3.8) is 0 Å².